The van der Waals surface area contributed by atoms with E-state index in [1.54, 1.807) is 19.1 Å². The molecule has 0 saturated heterocycles. The summed E-state index contributed by atoms with van der Waals surface area (Å²) in [5.74, 6) is -2.96. The molecule has 1 aliphatic heterocycles. The van der Waals surface area contributed by atoms with Gasteiger partial charge in [-0.3, -0.25) is 9.78 Å². The summed E-state index contributed by atoms with van der Waals surface area (Å²) in [4.78, 5) is 39.8. The Morgan fingerprint density at radius 3 is 2.84 bits per heavy atom. The van der Waals surface area contributed by atoms with E-state index in [0.29, 0.717) is 5.56 Å². The van der Waals surface area contributed by atoms with Crippen LogP contribution in [-0.4, -0.2) is 54.0 Å². The van der Waals surface area contributed by atoms with Crippen molar-refractivity contribution < 1.29 is 42.7 Å². The second kappa shape index (κ2) is 10.1. The lowest BCUT2D eigenvalue weighted by molar-refractivity contribution is -0.0812. The zero-order valence-corrected chi connectivity index (χ0v) is 17.2. The standard InChI is InChI=1S/C20H20BFN2O8/c1-3-29-20(27)31-11(2)30-19(26)15-6-4-5-12-8-16(21(28)32-17(12)15)24-18(25)13-7-14(22)10-23-9-13/h4-7,9-11,16,28H,3,8H2,1-2H3,(H,24,25)/t11?,16-/m0/s1. The van der Waals surface area contributed by atoms with Gasteiger partial charge in [0, 0.05) is 13.1 Å². The molecule has 1 aliphatic rings. The number of para-hydroxylation sites is 1. The predicted molar refractivity (Wildman–Crippen MR) is 107 cm³/mol. The minimum absolute atomic E-state index is 0.0000316. The van der Waals surface area contributed by atoms with Gasteiger partial charge in [0.25, 0.3) is 5.91 Å². The molecule has 0 fully saturated rings. The van der Waals surface area contributed by atoms with Gasteiger partial charge in [0.2, 0.25) is 6.29 Å². The number of pyridine rings is 1. The minimum atomic E-state index is -1.49. The SMILES string of the molecule is CCOC(=O)OC(C)OC(=O)c1cccc2c1OB(O)[C@@H](NC(=O)c1cncc(F)c1)C2. The van der Waals surface area contributed by atoms with E-state index in [1.807, 2.05) is 0 Å². The molecule has 0 radical (unpaired) electrons. The van der Waals surface area contributed by atoms with E-state index in [9.17, 15) is 23.8 Å². The Hall–Kier alpha value is -3.67. The second-order valence-electron chi connectivity index (χ2n) is 6.75. The number of carbonyl (C=O) groups is 3. The van der Waals surface area contributed by atoms with Gasteiger partial charge in [0.15, 0.2) is 0 Å². The van der Waals surface area contributed by atoms with Crippen LogP contribution < -0.4 is 9.97 Å². The molecule has 32 heavy (non-hydrogen) atoms. The molecule has 2 heterocycles. The third-order valence-electron chi connectivity index (χ3n) is 4.42. The largest absolute Gasteiger partial charge is 0.547 e. The highest BCUT2D eigenvalue weighted by atomic mass is 19.1. The first-order valence-corrected chi connectivity index (χ1v) is 9.71. The summed E-state index contributed by atoms with van der Waals surface area (Å²) in [7, 11) is -1.49. The molecule has 10 nitrogen and oxygen atoms in total. The maximum atomic E-state index is 13.3. The maximum absolute atomic E-state index is 13.3. The lowest BCUT2D eigenvalue weighted by Crippen LogP contribution is -2.53. The van der Waals surface area contributed by atoms with Gasteiger partial charge in [0.1, 0.15) is 17.1 Å². The first-order chi connectivity index (χ1) is 15.3. The summed E-state index contributed by atoms with van der Waals surface area (Å²) in [6, 6.07) is 5.66. The van der Waals surface area contributed by atoms with E-state index in [2.05, 4.69) is 15.0 Å². The van der Waals surface area contributed by atoms with Gasteiger partial charge in [-0.1, -0.05) is 12.1 Å². The Labute approximate surface area is 182 Å². The number of halogens is 1. The molecule has 12 heteroatoms. The molecule has 2 aromatic rings. The average molecular weight is 446 g/mol. The minimum Gasteiger partial charge on any atom is -0.534 e. The fraction of sp³-hybridized carbons (Fsp3) is 0.300. The molecule has 0 aliphatic carbocycles. The normalized spacial score (nSPS) is 15.6. The number of nitrogens with zero attached hydrogens (tertiary/aromatic N) is 1. The number of benzene rings is 1. The van der Waals surface area contributed by atoms with E-state index in [0.717, 1.165) is 12.3 Å². The topological polar surface area (TPSA) is 133 Å². The molecule has 1 aromatic carbocycles. The third-order valence-corrected chi connectivity index (χ3v) is 4.42. The molecular weight excluding hydrogens is 426 g/mol. The predicted octanol–water partition coefficient (Wildman–Crippen LogP) is 1.65. The van der Waals surface area contributed by atoms with Gasteiger partial charge < -0.3 is 29.2 Å². The Bertz CT molecular complexity index is 1020. The first-order valence-electron chi connectivity index (χ1n) is 9.71. The number of amides is 1. The van der Waals surface area contributed by atoms with Crippen molar-refractivity contribution in [2.45, 2.75) is 32.5 Å². The number of hydrogen-bond donors (Lipinski definition) is 2. The van der Waals surface area contributed by atoms with Crippen LogP contribution in [0.1, 0.15) is 40.1 Å². The molecule has 1 unspecified atom stereocenters. The van der Waals surface area contributed by atoms with Crippen molar-refractivity contribution in [1.82, 2.24) is 10.3 Å². The van der Waals surface area contributed by atoms with Crippen molar-refractivity contribution >= 4 is 25.2 Å². The van der Waals surface area contributed by atoms with Gasteiger partial charge >= 0.3 is 19.2 Å². The van der Waals surface area contributed by atoms with Gasteiger partial charge in [0.05, 0.1) is 24.3 Å². The number of nitrogens with one attached hydrogen (secondary N) is 1. The van der Waals surface area contributed by atoms with Gasteiger partial charge in [-0.2, -0.15) is 0 Å². The Morgan fingerprint density at radius 2 is 2.12 bits per heavy atom. The van der Waals surface area contributed by atoms with Crippen molar-refractivity contribution in [3.05, 3.63) is 59.2 Å². The third kappa shape index (κ3) is 5.52. The molecule has 1 aromatic heterocycles. The Kier molecular flexibility index (Phi) is 7.26. The van der Waals surface area contributed by atoms with E-state index in [4.69, 9.17) is 14.1 Å². The summed E-state index contributed by atoms with van der Waals surface area (Å²) >= 11 is 0. The lowest BCUT2D eigenvalue weighted by Gasteiger charge is -2.29. The second-order valence-corrected chi connectivity index (χ2v) is 6.75. The number of fused-ring (bicyclic) bond motifs is 1. The van der Waals surface area contributed by atoms with Crippen LogP contribution in [0.5, 0.6) is 5.75 Å². The van der Waals surface area contributed by atoms with Gasteiger partial charge in [-0.15, -0.1) is 0 Å². The van der Waals surface area contributed by atoms with Crippen LogP contribution in [-0.2, 0) is 20.6 Å². The molecule has 0 saturated carbocycles. The van der Waals surface area contributed by atoms with Crippen LogP contribution in [0.4, 0.5) is 9.18 Å². The zero-order chi connectivity index (χ0) is 23.3. The van der Waals surface area contributed by atoms with Gasteiger partial charge in [-0.25, -0.2) is 14.0 Å². The quantitative estimate of drug-likeness (QED) is 0.386. The number of esters is 1. The fourth-order valence-electron chi connectivity index (χ4n) is 3.02. The highest BCUT2D eigenvalue weighted by Gasteiger charge is 2.38. The van der Waals surface area contributed by atoms with Crippen molar-refractivity contribution in [1.29, 1.82) is 0 Å². The van der Waals surface area contributed by atoms with E-state index >= 15 is 0 Å². The summed E-state index contributed by atoms with van der Waals surface area (Å²) in [6.45, 7) is 3.04. The molecule has 2 atom stereocenters. The van der Waals surface area contributed by atoms with Crippen LogP contribution in [0, 0.1) is 5.82 Å². The molecule has 0 spiro atoms. The monoisotopic (exact) mass is 446 g/mol. The molecule has 2 N–H and O–H groups in total. The number of hydrogen-bond acceptors (Lipinski definition) is 9. The van der Waals surface area contributed by atoms with Crippen LogP contribution in [0.2, 0.25) is 0 Å². The summed E-state index contributed by atoms with van der Waals surface area (Å²) < 4.78 is 33.3. The smallest absolute Gasteiger partial charge is 0.534 e. The number of carbonyl (C=O) groups excluding carboxylic acids is 3. The summed E-state index contributed by atoms with van der Waals surface area (Å²) in [6.07, 6.45) is 0.0708. The molecule has 0 bridgehead atoms. The highest BCUT2D eigenvalue weighted by molar-refractivity contribution is 6.47. The summed E-state index contributed by atoms with van der Waals surface area (Å²) in [5, 5.41) is 12.9. The van der Waals surface area contributed by atoms with Crippen molar-refractivity contribution in [3.8, 4) is 5.75 Å². The van der Waals surface area contributed by atoms with Crippen LogP contribution >= 0.6 is 0 Å². The van der Waals surface area contributed by atoms with E-state index in [-0.39, 0.29) is 29.9 Å². The van der Waals surface area contributed by atoms with E-state index in [1.165, 1.54) is 19.2 Å². The fourth-order valence-corrected chi connectivity index (χ4v) is 3.02. The molecule has 168 valence electrons. The van der Waals surface area contributed by atoms with E-state index < -0.39 is 43.2 Å². The number of rotatable bonds is 6. The van der Waals surface area contributed by atoms with Crippen molar-refractivity contribution in [3.63, 3.8) is 0 Å². The highest BCUT2D eigenvalue weighted by Crippen LogP contribution is 2.31. The first kappa shape index (κ1) is 23.0. The van der Waals surface area contributed by atoms with Crippen LogP contribution in [0.25, 0.3) is 0 Å². The maximum Gasteiger partial charge on any atom is 0.547 e. The summed E-state index contributed by atoms with van der Waals surface area (Å²) in [5.41, 5.74) is 0.502. The Morgan fingerprint density at radius 1 is 1.34 bits per heavy atom. The Balaban J connectivity index is 1.70. The van der Waals surface area contributed by atoms with Crippen molar-refractivity contribution in [2.24, 2.45) is 0 Å². The molecule has 1 amide bonds. The van der Waals surface area contributed by atoms with Crippen LogP contribution in [0.3, 0.4) is 0 Å². The number of ether oxygens (including phenoxy) is 3. The molecule has 3 rings (SSSR count). The molecular formula is C20H20BFN2O8. The average Bonchev–Trinajstić information content (AvgIpc) is 2.73. The van der Waals surface area contributed by atoms with Crippen molar-refractivity contribution in [2.75, 3.05) is 6.61 Å². The zero-order valence-electron chi connectivity index (χ0n) is 17.2. The number of aromatic nitrogens is 1. The van der Waals surface area contributed by atoms with Gasteiger partial charge in [-0.05, 0) is 31.0 Å². The van der Waals surface area contributed by atoms with Crippen LogP contribution in [0.15, 0.2) is 36.7 Å². The lowest BCUT2D eigenvalue weighted by atomic mass is 9.72.